The van der Waals surface area contributed by atoms with E-state index in [9.17, 15) is 9.67 Å². The van der Waals surface area contributed by atoms with Gasteiger partial charge in [0.25, 0.3) is 0 Å². The van der Waals surface area contributed by atoms with Crippen LogP contribution < -0.4 is 0 Å². The van der Waals surface area contributed by atoms with E-state index in [4.69, 9.17) is 38.6 Å². The van der Waals surface area contributed by atoms with Crippen LogP contribution in [0.1, 0.15) is 34.1 Å². The number of aliphatic hydroxyl groups excluding tert-OH is 1. The Morgan fingerprint density at radius 3 is 1.64 bits per heavy atom. The van der Waals surface area contributed by atoms with Crippen molar-refractivity contribution in [2.75, 3.05) is 79.3 Å². The van der Waals surface area contributed by atoms with Crippen molar-refractivity contribution < 1.29 is 43.0 Å². The molecule has 0 amide bonds. The van der Waals surface area contributed by atoms with E-state index in [1.54, 1.807) is 4.90 Å². The lowest BCUT2D eigenvalue weighted by Gasteiger charge is -2.36. The largest absolute Gasteiger partial charge is 0.564 e. The first-order valence-electron chi connectivity index (χ1n) is 11.3. The van der Waals surface area contributed by atoms with Crippen LogP contribution in [0.5, 0.6) is 0 Å². The topological polar surface area (TPSA) is 140 Å². The molecule has 0 bridgehead atoms. The first kappa shape index (κ1) is 32.2. The molecule has 12 heteroatoms. The van der Waals surface area contributed by atoms with Gasteiger partial charge in [0.2, 0.25) is 0 Å². The summed E-state index contributed by atoms with van der Waals surface area (Å²) in [6.07, 6.45) is 0.0858. The number of hydrogen-bond donors (Lipinski definition) is 2. The summed E-state index contributed by atoms with van der Waals surface area (Å²) in [5, 5.41) is 28.4. The summed E-state index contributed by atoms with van der Waals surface area (Å²) in [5.74, 6) is 0. The fourth-order valence-electron chi connectivity index (χ4n) is 3.08. The maximum Gasteiger partial charge on any atom is 0.564 e. The van der Waals surface area contributed by atoms with Gasteiger partial charge in [-0.05, 0) is 32.3 Å². The smallest absolute Gasteiger partial charge is 0.394 e. The van der Waals surface area contributed by atoms with Crippen molar-refractivity contribution in [3.63, 3.8) is 0 Å². The summed E-state index contributed by atoms with van der Waals surface area (Å²) >= 11 is 0. The normalized spacial score (nSPS) is 14.1. The predicted molar refractivity (Wildman–Crippen MR) is 122 cm³/mol. The Balaban J connectivity index is 4.15. The van der Waals surface area contributed by atoms with Crippen LogP contribution in [-0.2, 0) is 32.8 Å². The van der Waals surface area contributed by atoms with E-state index >= 15 is 0 Å². The maximum absolute atomic E-state index is 12.7. The third-order valence-electron chi connectivity index (χ3n) is 4.26. The molecular formula is C21H42N2O9P+. The molecule has 2 N–H and O–H groups in total. The Hall–Kier alpha value is -0.770. The standard InChI is InChI=1S/C21H42N2O9P/c1-19(2)23(20(3)4)21(25,33(26)32-8-5-6-22)18-31-17-16-30-15-14-29-13-12-28-11-10-27-9-7-24/h19-20,24-25H,5,7-18H2,1-4H3/q+1. The quantitative estimate of drug-likeness (QED) is 0.121. The summed E-state index contributed by atoms with van der Waals surface area (Å²) in [6, 6.07) is 1.71. The van der Waals surface area contributed by atoms with Crippen LogP contribution in [0, 0.1) is 11.3 Å². The molecule has 0 saturated carbocycles. The van der Waals surface area contributed by atoms with E-state index in [0.29, 0.717) is 46.2 Å². The third kappa shape index (κ3) is 15.0. The number of nitrogens with zero attached hydrogens (tertiary/aromatic N) is 2. The zero-order chi connectivity index (χ0) is 25.0. The van der Waals surface area contributed by atoms with Gasteiger partial charge in [-0.1, -0.05) is 0 Å². The molecule has 2 atom stereocenters. The van der Waals surface area contributed by atoms with Crippen LogP contribution in [-0.4, -0.2) is 112 Å². The Morgan fingerprint density at radius 1 is 0.818 bits per heavy atom. The Kier molecular flexibility index (Phi) is 20.1. The van der Waals surface area contributed by atoms with Crippen molar-refractivity contribution in [2.45, 2.75) is 51.7 Å². The van der Waals surface area contributed by atoms with Crippen molar-refractivity contribution in [2.24, 2.45) is 0 Å². The summed E-state index contributed by atoms with van der Waals surface area (Å²) < 4.78 is 44.8. The molecule has 0 rings (SSSR count). The molecular weight excluding hydrogens is 455 g/mol. The number of ether oxygens (including phenoxy) is 5. The Labute approximate surface area is 198 Å². The molecule has 0 aliphatic rings. The van der Waals surface area contributed by atoms with E-state index in [1.165, 1.54) is 0 Å². The molecule has 11 nitrogen and oxygen atoms in total. The second kappa shape index (κ2) is 20.6. The SMILES string of the molecule is CC(C)N(C(C)C)C(O)(COCCOCCOCCOCCOCCO)[P+](=O)OCCC#N. The second-order valence-corrected chi connectivity index (χ2v) is 9.08. The van der Waals surface area contributed by atoms with Gasteiger partial charge in [-0.3, -0.25) is 0 Å². The van der Waals surface area contributed by atoms with Crippen LogP contribution in [0.2, 0.25) is 0 Å². The molecule has 2 unspecified atom stereocenters. The average Bonchev–Trinajstić information content (AvgIpc) is 2.76. The van der Waals surface area contributed by atoms with E-state index in [0.717, 1.165) is 0 Å². The second-order valence-electron chi connectivity index (χ2n) is 7.59. The van der Waals surface area contributed by atoms with Gasteiger partial charge in [-0.25, -0.2) is 4.90 Å². The van der Waals surface area contributed by atoms with Gasteiger partial charge >= 0.3 is 13.5 Å². The van der Waals surface area contributed by atoms with Crippen LogP contribution in [0.15, 0.2) is 0 Å². The van der Waals surface area contributed by atoms with Crippen molar-refractivity contribution >= 4 is 8.03 Å². The highest BCUT2D eigenvalue weighted by molar-refractivity contribution is 7.40. The molecule has 0 spiro atoms. The zero-order valence-corrected chi connectivity index (χ0v) is 21.3. The lowest BCUT2D eigenvalue weighted by atomic mass is 10.2. The molecule has 0 aliphatic heterocycles. The lowest BCUT2D eigenvalue weighted by molar-refractivity contribution is -0.128. The lowest BCUT2D eigenvalue weighted by Crippen LogP contribution is -2.56. The van der Waals surface area contributed by atoms with Gasteiger partial charge in [0.1, 0.15) is 13.2 Å². The molecule has 0 fully saturated rings. The molecule has 0 saturated heterocycles. The van der Waals surface area contributed by atoms with Crippen LogP contribution in [0.25, 0.3) is 0 Å². The van der Waals surface area contributed by atoms with E-state index in [-0.39, 0.29) is 51.5 Å². The van der Waals surface area contributed by atoms with Crippen molar-refractivity contribution in [3.8, 4) is 6.07 Å². The van der Waals surface area contributed by atoms with Gasteiger partial charge < -0.3 is 33.9 Å². The monoisotopic (exact) mass is 497 g/mol. The highest BCUT2D eigenvalue weighted by Crippen LogP contribution is 2.43. The minimum atomic E-state index is -2.52. The van der Waals surface area contributed by atoms with Crippen LogP contribution in [0.4, 0.5) is 0 Å². The van der Waals surface area contributed by atoms with Gasteiger partial charge in [-0.15, -0.1) is 4.52 Å². The molecule has 194 valence electrons. The highest BCUT2D eigenvalue weighted by atomic mass is 31.1. The molecule has 33 heavy (non-hydrogen) atoms. The van der Waals surface area contributed by atoms with Gasteiger partial charge in [0.05, 0.1) is 78.6 Å². The first-order chi connectivity index (χ1) is 15.8. The van der Waals surface area contributed by atoms with Crippen molar-refractivity contribution in [3.05, 3.63) is 0 Å². The zero-order valence-electron chi connectivity index (χ0n) is 20.4. The molecule has 0 aromatic heterocycles. The summed E-state index contributed by atoms with van der Waals surface area (Å²) in [6.45, 7) is 10.7. The van der Waals surface area contributed by atoms with Crippen LogP contribution >= 0.6 is 8.03 Å². The number of aliphatic hydroxyl groups is 2. The first-order valence-corrected chi connectivity index (χ1v) is 12.5. The maximum atomic E-state index is 12.7. The summed E-state index contributed by atoms with van der Waals surface area (Å²) in [7, 11) is -2.52. The summed E-state index contributed by atoms with van der Waals surface area (Å²) in [4.78, 5) is 1.69. The van der Waals surface area contributed by atoms with E-state index < -0.39 is 13.5 Å². The summed E-state index contributed by atoms with van der Waals surface area (Å²) in [5.41, 5.74) is -1.82. The van der Waals surface area contributed by atoms with Crippen molar-refractivity contribution in [1.29, 1.82) is 5.26 Å². The predicted octanol–water partition coefficient (Wildman–Crippen LogP) is 1.50. The van der Waals surface area contributed by atoms with Gasteiger partial charge in [-0.2, -0.15) is 5.26 Å². The van der Waals surface area contributed by atoms with Gasteiger partial charge in [0, 0.05) is 12.1 Å². The Bertz CT molecular complexity index is 526. The fourth-order valence-corrected chi connectivity index (χ4v) is 4.39. The number of hydrogen-bond acceptors (Lipinski definition) is 11. The molecule has 0 aromatic rings. The van der Waals surface area contributed by atoms with E-state index in [2.05, 4.69) is 0 Å². The number of rotatable bonds is 23. The fraction of sp³-hybridized carbons (Fsp3) is 0.952. The average molecular weight is 498 g/mol. The molecule has 0 aliphatic carbocycles. The van der Waals surface area contributed by atoms with Crippen LogP contribution in [0.3, 0.4) is 0 Å². The highest BCUT2D eigenvalue weighted by Gasteiger charge is 2.57. The third-order valence-corrected chi connectivity index (χ3v) is 5.62. The van der Waals surface area contributed by atoms with E-state index in [1.807, 2.05) is 33.8 Å². The Morgan fingerprint density at radius 2 is 1.24 bits per heavy atom. The van der Waals surface area contributed by atoms with Crippen molar-refractivity contribution in [1.82, 2.24) is 4.90 Å². The minimum Gasteiger partial charge on any atom is -0.394 e. The molecule has 0 aromatic carbocycles. The minimum absolute atomic E-state index is 0.00108. The molecule has 0 heterocycles. The number of nitriles is 1. The van der Waals surface area contributed by atoms with Gasteiger partial charge in [0.15, 0.2) is 0 Å². The molecule has 0 radical (unpaired) electrons.